The molecule has 1 aromatic carbocycles. The number of fused-ring (bicyclic) bond motifs is 1. The Balaban J connectivity index is 0.00000237. The summed E-state index contributed by atoms with van der Waals surface area (Å²) in [6, 6.07) is 11.9. The minimum Gasteiger partial charge on any atom is -0.444 e. The highest BCUT2D eigenvalue weighted by Crippen LogP contribution is 2.29. The van der Waals surface area contributed by atoms with Gasteiger partial charge < -0.3 is 19.3 Å². The second-order valence-electron chi connectivity index (χ2n) is 10.5. The molecule has 0 N–H and O–H groups in total. The number of carbonyl (C=O) groups is 2. The van der Waals surface area contributed by atoms with Crippen LogP contribution in [0.2, 0.25) is 0 Å². The van der Waals surface area contributed by atoms with E-state index < -0.39 is 5.60 Å². The molecule has 1 unspecified atom stereocenters. The van der Waals surface area contributed by atoms with E-state index in [1.54, 1.807) is 34.4 Å². The van der Waals surface area contributed by atoms with Gasteiger partial charge in [0, 0.05) is 36.9 Å². The predicted molar refractivity (Wildman–Crippen MR) is 172 cm³/mol. The van der Waals surface area contributed by atoms with Gasteiger partial charge in [0.2, 0.25) is 0 Å². The number of aromatic nitrogens is 2. The second kappa shape index (κ2) is 15.9. The Kier molecular flexibility index (Phi) is 12.6. The third-order valence-corrected chi connectivity index (χ3v) is 7.74. The molecule has 42 heavy (non-hydrogen) atoms. The number of hydrogen-bond acceptors (Lipinski definition) is 8. The van der Waals surface area contributed by atoms with E-state index in [2.05, 4.69) is 9.97 Å². The van der Waals surface area contributed by atoms with E-state index in [0.29, 0.717) is 42.5 Å². The number of ether oxygens (including phenoxy) is 2. The van der Waals surface area contributed by atoms with Gasteiger partial charge in [0.1, 0.15) is 5.60 Å². The first-order valence-electron chi connectivity index (χ1n) is 14.2. The molecular weight excluding hydrogens is 569 g/mol. The number of anilines is 1. The summed E-state index contributed by atoms with van der Waals surface area (Å²) in [5.41, 5.74) is 2.35. The van der Waals surface area contributed by atoms with Gasteiger partial charge in [0.25, 0.3) is 5.91 Å². The van der Waals surface area contributed by atoms with E-state index in [9.17, 15) is 9.59 Å². The molecule has 0 aliphatic carbocycles. The van der Waals surface area contributed by atoms with E-state index in [0.717, 1.165) is 22.5 Å². The van der Waals surface area contributed by atoms with Crippen LogP contribution in [0, 0.1) is 0 Å². The molecule has 3 heterocycles. The van der Waals surface area contributed by atoms with Gasteiger partial charge in [-0.3, -0.25) is 4.79 Å². The third kappa shape index (κ3) is 9.40. The van der Waals surface area contributed by atoms with Gasteiger partial charge in [0.15, 0.2) is 5.16 Å². The number of nitrogens with zero attached hydrogens (tertiary/aromatic N) is 4. The molecule has 4 rings (SSSR count). The lowest BCUT2D eigenvalue weighted by Crippen LogP contribution is -2.35. The van der Waals surface area contributed by atoms with Gasteiger partial charge in [0.05, 0.1) is 24.0 Å². The molecule has 0 saturated carbocycles. The SMILES string of the molecule is CC.CSc1ncc2c(n1)/C=C\CCN(c1cccc(COC(CCN(C)C(=O)OC(C)(C)C)c3cccs3)c1)C2=O. The normalized spacial score (nSPS) is 14.5. The van der Waals surface area contributed by atoms with E-state index in [1.165, 1.54) is 11.8 Å². The third-order valence-electron chi connectivity index (χ3n) is 6.22. The summed E-state index contributed by atoms with van der Waals surface area (Å²) in [6.45, 7) is 11.0. The van der Waals surface area contributed by atoms with Gasteiger partial charge in [-0.1, -0.05) is 49.9 Å². The fourth-order valence-corrected chi connectivity index (χ4v) is 5.35. The minimum atomic E-state index is -0.545. The Morgan fingerprint density at radius 1 is 1.21 bits per heavy atom. The van der Waals surface area contributed by atoms with Gasteiger partial charge in [-0.25, -0.2) is 14.8 Å². The zero-order valence-corrected chi connectivity index (χ0v) is 27.3. The second-order valence-corrected chi connectivity index (χ2v) is 12.2. The lowest BCUT2D eigenvalue weighted by molar-refractivity contribution is 0.0148. The molecule has 8 nitrogen and oxygen atoms in total. The van der Waals surface area contributed by atoms with Crippen molar-refractivity contribution in [1.29, 1.82) is 0 Å². The summed E-state index contributed by atoms with van der Waals surface area (Å²) >= 11 is 3.08. The van der Waals surface area contributed by atoms with Crippen molar-refractivity contribution in [3.63, 3.8) is 0 Å². The summed E-state index contributed by atoms with van der Waals surface area (Å²) in [5, 5.41) is 2.66. The molecule has 1 aliphatic heterocycles. The lowest BCUT2D eigenvalue weighted by atomic mass is 10.1. The van der Waals surface area contributed by atoms with Crippen LogP contribution in [0.3, 0.4) is 0 Å². The van der Waals surface area contributed by atoms with Gasteiger partial charge >= 0.3 is 6.09 Å². The molecule has 10 heteroatoms. The van der Waals surface area contributed by atoms with Crippen molar-refractivity contribution in [3.05, 3.63) is 75.7 Å². The molecule has 2 aromatic heterocycles. The monoisotopic (exact) mass is 610 g/mol. The van der Waals surface area contributed by atoms with Crippen LogP contribution in [0.5, 0.6) is 0 Å². The van der Waals surface area contributed by atoms with E-state index >= 15 is 0 Å². The van der Waals surface area contributed by atoms with Crippen LogP contribution in [0.1, 0.15) is 80.1 Å². The van der Waals surface area contributed by atoms with Crippen molar-refractivity contribution < 1.29 is 19.1 Å². The Labute approximate surface area is 258 Å². The van der Waals surface area contributed by atoms with Crippen molar-refractivity contribution in [2.45, 2.75) is 70.9 Å². The largest absolute Gasteiger partial charge is 0.444 e. The maximum atomic E-state index is 13.5. The summed E-state index contributed by atoms with van der Waals surface area (Å²) in [5.74, 6) is -0.119. The predicted octanol–water partition coefficient (Wildman–Crippen LogP) is 7.86. The molecular formula is C32H42N4O4S2. The van der Waals surface area contributed by atoms with Crippen molar-refractivity contribution in [2.24, 2.45) is 0 Å². The van der Waals surface area contributed by atoms with E-state index in [1.807, 2.05) is 94.8 Å². The molecule has 3 aromatic rings. The van der Waals surface area contributed by atoms with Crippen LogP contribution in [-0.2, 0) is 16.1 Å². The standard InChI is InChI=1S/C30H36N4O4S2.C2H6/c1-30(2,3)38-29(36)33(4)16-14-25(26-13-9-17-40-26)37-20-21-10-8-11-22(18-21)34-15-7-6-12-24-23(27(34)35)19-31-28(32-24)39-5;1-2/h6,8-13,17-19,25H,7,14-16,20H2,1-5H3;1-2H3/b12-6-;. The Morgan fingerprint density at radius 3 is 2.69 bits per heavy atom. The highest BCUT2D eigenvalue weighted by atomic mass is 32.2. The Bertz CT molecular complexity index is 1340. The van der Waals surface area contributed by atoms with Gasteiger partial charge in [-0.15, -0.1) is 11.3 Å². The molecule has 0 spiro atoms. The van der Waals surface area contributed by atoms with Crippen LogP contribution in [0.15, 0.2) is 59.2 Å². The quantitative estimate of drug-likeness (QED) is 0.180. The Hall–Kier alpha value is -3.21. The first kappa shape index (κ1) is 33.3. The van der Waals surface area contributed by atoms with Gasteiger partial charge in [-0.2, -0.15) is 0 Å². The first-order chi connectivity index (χ1) is 20.1. The molecule has 1 aliphatic rings. The minimum absolute atomic E-state index is 0.119. The van der Waals surface area contributed by atoms with Crippen molar-refractivity contribution >= 4 is 46.9 Å². The van der Waals surface area contributed by atoms with Crippen LogP contribution in [0.4, 0.5) is 10.5 Å². The number of carbonyl (C=O) groups excluding carboxylic acids is 2. The van der Waals surface area contributed by atoms with E-state index in [-0.39, 0.29) is 18.1 Å². The smallest absolute Gasteiger partial charge is 0.410 e. The zero-order valence-electron chi connectivity index (χ0n) is 25.6. The van der Waals surface area contributed by atoms with Crippen LogP contribution in [0.25, 0.3) is 6.08 Å². The number of thiophene rings is 1. The van der Waals surface area contributed by atoms with Crippen LogP contribution >= 0.6 is 23.1 Å². The highest BCUT2D eigenvalue weighted by molar-refractivity contribution is 7.98. The van der Waals surface area contributed by atoms with Crippen molar-refractivity contribution in [3.8, 4) is 0 Å². The number of amides is 2. The summed E-state index contributed by atoms with van der Waals surface area (Å²) in [6.07, 6.45) is 8.29. The summed E-state index contributed by atoms with van der Waals surface area (Å²) in [7, 11) is 1.74. The lowest BCUT2D eigenvalue weighted by Gasteiger charge is -2.26. The maximum absolute atomic E-state index is 13.5. The molecule has 0 saturated heterocycles. The number of hydrogen-bond donors (Lipinski definition) is 0. The first-order valence-corrected chi connectivity index (χ1v) is 16.3. The Morgan fingerprint density at radius 2 is 2.00 bits per heavy atom. The molecule has 2 amide bonds. The average molecular weight is 611 g/mol. The van der Waals surface area contributed by atoms with Crippen LogP contribution < -0.4 is 4.90 Å². The average Bonchev–Trinajstić information content (AvgIpc) is 3.51. The van der Waals surface area contributed by atoms with E-state index in [4.69, 9.17) is 9.47 Å². The summed E-state index contributed by atoms with van der Waals surface area (Å²) < 4.78 is 11.9. The summed E-state index contributed by atoms with van der Waals surface area (Å²) in [4.78, 5) is 39.3. The zero-order chi connectivity index (χ0) is 30.7. The molecule has 1 atom stereocenters. The number of benzene rings is 1. The number of thioether (sulfide) groups is 1. The fourth-order valence-electron chi connectivity index (χ4n) is 4.20. The molecule has 226 valence electrons. The maximum Gasteiger partial charge on any atom is 0.410 e. The highest BCUT2D eigenvalue weighted by Gasteiger charge is 2.24. The molecule has 0 fully saturated rings. The van der Waals surface area contributed by atoms with Crippen molar-refractivity contribution in [1.82, 2.24) is 14.9 Å². The number of rotatable bonds is 9. The molecule has 0 radical (unpaired) electrons. The van der Waals surface area contributed by atoms with Gasteiger partial charge in [-0.05, 0) is 75.1 Å². The molecule has 0 bridgehead atoms. The van der Waals surface area contributed by atoms with Crippen molar-refractivity contribution in [2.75, 3.05) is 31.3 Å². The fraction of sp³-hybridized carbons (Fsp3) is 0.438. The van der Waals surface area contributed by atoms with Crippen LogP contribution in [-0.4, -0.2) is 58.9 Å². The topological polar surface area (TPSA) is 84.9 Å².